The number of rotatable bonds is 5. The van der Waals surface area contributed by atoms with Gasteiger partial charge in [-0.3, -0.25) is 4.79 Å². The van der Waals surface area contributed by atoms with E-state index in [9.17, 15) is 4.79 Å². The second-order valence-corrected chi connectivity index (χ2v) is 5.34. The van der Waals surface area contributed by atoms with Crippen LogP contribution in [0.4, 0.5) is 16.6 Å². The lowest BCUT2D eigenvalue weighted by atomic mass is 10.2. The Kier molecular flexibility index (Phi) is 4.24. The zero-order valence-electron chi connectivity index (χ0n) is 11.7. The van der Waals surface area contributed by atoms with Crippen molar-refractivity contribution in [1.82, 2.24) is 4.98 Å². The van der Waals surface area contributed by atoms with Gasteiger partial charge in [0, 0.05) is 6.42 Å². The van der Waals surface area contributed by atoms with Gasteiger partial charge in [-0.1, -0.05) is 24.3 Å². The van der Waals surface area contributed by atoms with Gasteiger partial charge in [0.1, 0.15) is 16.4 Å². The first-order valence-corrected chi connectivity index (χ1v) is 7.08. The summed E-state index contributed by atoms with van der Waals surface area (Å²) in [4.78, 5) is 16.4. The summed E-state index contributed by atoms with van der Waals surface area (Å²) in [5.41, 5.74) is 7.68. The first kappa shape index (κ1) is 14.3. The fourth-order valence-corrected chi connectivity index (χ4v) is 2.69. The predicted octanol–water partition coefficient (Wildman–Crippen LogP) is 3.38. The van der Waals surface area contributed by atoms with Crippen LogP contribution in [0.1, 0.15) is 28.6 Å². The van der Waals surface area contributed by atoms with Crippen LogP contribution in [-0.2, 0) is 0 Å². The Morgan fingerprint density at radius 2 is 2.25 bits per heavy atom. The molecule has 0 aliphatic heterocycles. The highest BCUT2D eigenvalue weighted by molar-refractivity contribution is 7.18. The second-order valence-electron chi connectivity index (χ2n) is 4.34. The summed E-state index contributed by atoms with van der Waals surface area (Å²) in [6.45, 7) is 3.80. The Hall–Kier alpha value is -2.08. The van der Waals surface area contributed by atoms with Crippen molar-refractivity contribution in [2.75, 3.05) is 18.2 Å². The smallest absolute Gasteiger partial charge is 0.189 e. The van der Waals surface area contributed by atoms with Gasteiger partial charge in [0.05, 0.1) is 12.8 Å². The first-order valence-electron chi connectivity index (χ1n) is 6.26. The van der Waals surface area contributed by atoms with E-state index >= 15 is 0 Å². The Bertz CT molecular complexity index is 637. The van der Waals surface area contributed by atoms with E-state index in [1.54, 1.807) is 14.0 Å². The number of hydrogen-bond donors (Lipinski definition) is 2. The number of carbonyl (C=O) groups is 1. The summed E-state index contributed by atoms with van der Waals surface area (Å²) >= 11 is 1.26. The number of nitrogens with two attached hydrogens (primary N) is 1. The molecule has 0 saturated heterocycles. The minimum absolute atomic E-state index is 0.00394. The summed E-state index contributed by atoms with van der Waals surface area (Å²) in [7, 11) is 1.61. The molecule has 2 rings (SSSR count). The number of carbonyl (C=O) groups excluding carboxylic acids is 1. The van der Waals surface area contributed by atoms with Crippen molar-refractivity contribution in [2.45, 2.75) is 20.3 Å². The van der Waals surface area contributed by atoms with E-state index in [2.05, 4.69) is 10.3 Å². The fraction of sp³-hybridized carbons (Fsp3) is 0.286. The Morgan fingerprint density at radius 3 is 2.90 bits per heavy atom. The van der Waals surface area contributed by atoms with Crippen molar-refractivity contribution in [3.63, 3.8) is 0 Å². The van der Waals surface area contributed by atoms with Crippen LogP contribution in [0, 0.1) is 6.92 Å². The average molecular weight is 291 g/mol. The van der Waals surface area contributed by atoms with Gasteiger partial charge in [0.15, 0.2) is 10.9 Å². The SMILES string of the molecule is CCC(=O)c1sc(Nc2cc(C)ccc2OC)nc1N. The van der Waals surface area contributed by atoms with Crippen LogP contribution in [-0.4, -0.2) is 17.9 Å². The lowest BCUT2D eigenvalue weighted by Gasteiger charge is -2.09. The minimum atomic E-state index is 0.00394. The number of nitrogens with one attached hydrogen (secondary N) is 1. The van der Waals surface area contributed by atoms with Crippen LogP contribution in [0.15, 0.2) is 18.2 Å². The van der Waals surface area contributed by atoms with Crippen molar-refractivity contribution in [3.8, 4) is 5.75 Å². The number of nitrogen functional groups attached to an aromatic ring is 1. The maximum Gasteiger partial charge on any atom is 0.189 e. The summed E-state index contributed by atoms with van der Waals surface area (Å²) < 4.78 is 5.29. The Morgan fingerprint density at radius 1 is 1.50 bits per heavy atom. The predicted molar refractivity (Wildman–Crippen MR) is 82.2 cm³/mol. The first-order chi connectivity index (χ1) is 9.55. The summed E-state index contributed by atoms with van der Waals surface area (Å²) in [5.74, 6) is 0.993. The number of Topliss-reactive ketones (excluding diaryl/α,β-unsaturated/α-hetero) is 1. The summed E-state index contributed by atoms with van der Waals surface area (Å²) in [6.07, 6.45) is 0.416. The number of aromatic nitrogens is 1. The third-order valence-corrected chi connectivity index (χ3v) is 3.85. The molecule has 5 nitrogen and oxygen atoms in total. The molecule has 20 heavy (non-hydrogen) atoms. The number of thiazole rings is 1. The molecule has 0 saturated carbocycles. The van der Waals surface area contributed by atoms with Gasteiger partial charge in [-0.05, 0) is 24.6 Å². The average Bonchev–Trinajstić information content (AvgIpc) is 2.79. The van der Waals surface area contributed by atoms with Crippen LogP contribution < -0.4 is 15.8 Å². The van der Waals surface area contributed by atoms with Gasteiger partial charge >= 0.3 is 0 Å². The van der Waals surface area contributed by atoms with Crippen LogP contribution in [0.25, 0.3) is 0 Å². The molecule has 0 bridgehead atoms. The lowest BCUT2D eigenvalue weighted by Crippen LogP contribution is -1.98. The molecule has 6 heteroatoms. The molecule has 0 amide bonds. The van der Waals surface area contributed by atoms with Gasteiger partial charge in [-0.25, -0.2) is 4.98 Å². The maximum absolute atomic E-state index is 11.7. The number of methoxy groups -OCH3 is 1. The van der Waals surface area contributed by atoms with Gasteiger partial charge in [0.25, 0.3) is 0 Å². The third-order valence-electron chi connectivity index (χ3n) is 2.82. The topological polar surface area (TPSA) is 77.2 Å². The maximum atomic E-state index is 11.7. The highest BCUT2D eigenvalue weighted by Crippen LogP contribution is 2.33. The quantitative estimate of drug-likeness (QED) is 0.826. The molecule has 0 aliphatic rings. The van der Waals surface area contributed by atoms with E-state index < -0.39 is 0 Å². The molecule has 0 aliphatic carbocycles. The molecular weight excluding hydrogens is 274 g/mol. The molecule has 3 N–H and O–H groups in total. The third kappa shape index (κ3) is 2.91. The van der Waals surface area contributed by atoms with Crippen LogP contribution in [0.5, 0.6) is 5.75 Å². The molecule has 0 spiro atoms. The normalized spacial score (nSPS) is 10.3. The molecule has 0 fully saturated rings. The summed E-state index contributed by atoms with van der Waals surface area (Å²) in [6, 6.07) is 5.80. The molecule has 0 radical (unpaired) electrons. The number of anilines is 3. The number of ketones is 1. The Balaban J connectivity index is 2.31. The van der Waals surface area contributed by atoms with Gasteiger partial charge in [-0.2, -0.15) is 0 Å². The zero-order chi connectivity index (χ0) is 14.7. The van der Waals surface area contributed by atoms with E-state index in [4.69, 9.17) is 10.5 Å². The molecule has 1 aromatic heterocycles. The largest absolute Gasteiger partial charge is 0.495 e. The van der Waals surface area contributed by atoms with Crippen molar-refractivity contribution in [2.24, 2.45) is 0 Å². The van der Waals surface area contributed by atoms with Gasteiger partial charge in [-0.15, -0.1) is 0 Å². The minimum Gasteiger partial charge on any atom is -0.495 e. The zero-order valence-corrected chi connectivity index (χ0v) is 12.5. The summed E-state index contributed by atoms with van der Waals surface area (Å²) in [5, 5.41) is 3.74. The standard InChI is InChI=1S/C14H17N3O2S/c1-4-10(18)12-13(15)17-14(20-12)16-9-7-8(2)5-6-11(9)19-3/h5-7H,4,15H2,1-3H3,(H,16,17). The molecule has 0 unspecified atom stereocenters. The molecule has 2 aromatic rings. The lowest BCUT2D eigenvalue weighted by molar-refractivity contribution is 0.0992. The molecule has 0 atom stereocenters. The van der Waals surface area contributed by atoms with Gasteiger partial charge in [0.2, 0.25) is 0 Å². The van der Waals surface area contributed by atoms with Crippen LogP contribution in [0.2, 0.25) is 0 Å². The highest BCUT2D eigenvalue weighted by Gasteiger charge is 2.15. The number of aryl methyl sites for hydroxylation is 1. The van der Waals surface area contributed by atoms with Crippen molar-refractivity contribution < 1.29 is 9.53 Å². The molecular formula is C14H17N3O2S. The van der Waals surface area contributed by atoms with Crippen molar-refractivity contribution in [1.29, 1.82) is 0 Å². The highest BCUT2D eigenvalue weighted by atomic mass is 32.1. The van der Waals surface area contributed by atoms with E-state index in [0.29, 0.717) is 22.2 Å². The number of ether oxygens (including phenoxy) is 1. The van der Waals surface area contributed by atoms with E-state index in [1.165, 1.54) is 11.3 Å². The van der Waals surface area contributed by atoms with Crippen molar-refractivity contribution in [3.05, 3.63) is 28.6 Å². The van der Waals surface area contributed by atoms with E-state index in [-0.39, 0.29) is 11.6 Å². The van der Waals surface area contributed by atoms with Crippen molar-refractivity contribution >= 4 is 33.8 Å². The van der Waals surface area contributed by atoms with E-state index in [0.717, 1.165) is 11.3 Å². The number of nitrogens with zero attached hydrogens (tertiary/aromatic N) is 1. The van der Waals surface area contributed by atoms with E-state index in [1.807, 2.05) is 25.1 Å². The number of benzene rings is 1. The fourth-order valence-electron chi connectivity index (χ4n) is 1.78. The monoisotopic (exact) mass is 291 g/mol. The van der Waals surface area contributed by atoms with Gasteiger partial charge < -0.3 is 15.8 Å². The Labute approximate surface area is 121 Å². The number of hydrogen-bond acceptors (Lipinski definition) is 6. The molecule has 106 valence electrons. The molecule has 1 aromatic carbocycles. The van der Waals surface area contributed by atoms with Crippen LogP contribution >= 0.6 is 11.3 Å². The second kappa shape index (κ2) is 5.92. The molecule has 1 heterocycles. The van der Waals surface area contributed by atoms with Crippen LogP contribution in [0.3, 0.4) is 0 Å².